The Hall–Kier alpha value is -1.47. The van der Waals surface area contributed by atoms with Crippen molar-refractivity contribution in [1.82, 2.24) is 0 Å². The molecule has 6 aromatic rings. The minimum atomic E-state index is -1.45. The van der Waals surface area contributed by atoms with E-state index in [9.17, 15) is 0 Å². The Morgan fingerprint density at radius 1 is 0.571 bits per heavy atom. The molecule has 2 heterocycles. The predicted molar refractivity (Wildman–Crippen MR) is 138 cm³/mol. The second-order valence-electron chi connectivity index (χ2n) is 10.2. The normalized spacial score (nSPS) is 14.1. The number of rotatable bonds is 2. The Kier molecular flexibility index (Phi) is 3.21. The minimum absolute atomic E-state index is 1.42. The van der Waals surface area contributed by atoms with E-state index in [-0.39, 0.29) is 0 Å². The molecule has 2 aromatic heterocycles. The fraction of sp³-hybridized carbons (Fsp3) is 0.250. The molecule has 0 radical (unpaired) electrons. The van der Waals surface area contributed by atoms with Gasteiger partial charge in [-0.05, 0) is 33.3 Å². The maximum absolute atomic E-state index is 2.56. The van der Waals surface area contributed by atoms with E-state index in [1.165, 1.54) is 25.6 Å². The van der Waals surface area contributed by atoms with Crippen molar-refractivity contribution in [3.05, 3.63) is 36.4 Å². The van der Waals surface area contributed by atoms with Gasteiger partial charge in [-0.3, -0.25) is 0 Å². The van der Waals surface area contributed by atoms with E-state index < -0.39 is 16.1 Å². The first-order valence-electron chi connectivity index (χ1n) is 10.0. The van der Waals surface area contributed by atoms with Gasteiger partial charge in [-0.1, -0.05) is 63.5 Å². The number of hydrogen-bond acceptors (Lipinski definition) is 2. The Morgan fingerprint density at radius 3 is 1.96 bits per heavy atom. The molecule has 0 bridgehead atoms. The molecule has 0 unspecified atom stereocenters. The molecule has 4 aromatic carbocycles. The molecule has 140 valence electrons. The number of benzene rings is 4. The molecule has 0 spiro atoms. The lowest BCUT2D eigenvalue weighted by molar-refractivity contribution is 1.76. The third kappa shape index (κ3) is 2.04. The molecule has 6 rings (SSSR count). The molecule has 0 fully saturated rings. The van der Waals surface area contributed by atoms with Crippen molar-refractivity contribution in [3.8, 4) is 0 Å². The van der Waals surface area contributed by atoms with E-state index in [1.54, 1.807) is 35.9 Å². The number of hydrogen-bond donors (Lipinski definition) is 0. The van der Waals surface area contributed by atoms with Crippen molar-refractivity contribution in [1.29, 1.82) is 0 Å². The van der Waals surface area contributed by atoms with Crippen LogP contribution in [-0.4, -0.2) is 16.1 Å². The van der Waals surface area contributed by atoms with Crippen LogP contribution in [0.15, 0.2) is 36.4 Å². The van der Waals surface area contributed by atoms with Gasteiger partial charge in [0, 0.05) is 40.3 Å². The van der Waals surface area contributed by atoms with E-state index in [0.717, 1.165) is 0 Å². The highest BCUT2D eigenvalue weighted by Gasteiger charge is 2.30. The summed E-state index contributed by atoms with van der Waals surface area (Å²) in [5, 5.41) is 12.4. The van der Waals surface area contributed by atoms with Crippen LogP contribution in [-0.2, 0) is 0 Å². The van der Waals surface area contributed by atoms with Crippen LogP contribution in [0.3, 0.4) is 0 Å². The van der Waals surface area contributed by atoms with Crippen LogP contribution in [0.5, 0.6) is 0 Å². The van der Waals surface area contributed by atoms with Crippen molar-refractivity contribution < 1.29 is 0 Å². The largest absolute Gasteiger partial charge is 0.135 e. The van der Waals surface area contributed by atoms with E-state index >= 15 is 0 Å². The van der Waals surface area contributed by atoms with Crippen LogP contribution in [0.25, 0.3) is 51.1 Å². The first-order valence-corrected chi connectivity index (χ1v) is 18.7. The average molecular weight is 433 g/mol. The summed E-state index contributed by atoms with van der Waals surface area (Å²) in [7, 11) is -2.86. The molecule has 0 atom stereocenters. The lowest BCUT2D eigenvalue weighted by atomic mass is 9.94. The molecule has 0 aliphatic carbocycles. The molecular formula is C24H24S2Si2. The Labute approximate surface area is 175 Å². The van der Waals surface area contributed by atoms with Crippen LogP contribution in [0.2, 0.25) is 39.3 Å². The monoisotopic (exact) mass is 432 g/mol. The molecule has 4 heteroatoms. The Bertz CT molecular complexity index is 1520. The molecule has 0 saturated heterocycles. The van der Waals surface area contributed by atoms with Gasteiger partial charge in [-0.25, -0.2) is 0 Å². The third-order valence-electron chi connectivity index (χ3n) is 6.26. The van der Waals surface area contributed by atoms with Gasteiger partial charge in [0.1, 0.15) is 0 Å². The SMILES string of the molecule is C[Si](C)(C)c1ccc2c3cccc4sc5cc([Si](C)(C)C)c6sc1c2c6c5c43. The Morgan fingerprint density at radius 2 is 1.25 bits per heavy atom. The van der Waals surface area contributed by atoms with Crippen molar-refractivity contribution in [2.75, 3.05) is 0 Å². The average Bonchev–Trinajstić information content (AvgIpc) is 3.16. The van der Waals surface area contributed by atoms with Crippen LogP contribution in [0, 0.1) is 0 Å². The molecule has 0 aliphatic heterocycles. The topological polar surface area (TPSA) is 0 Å². The summed E-state index contributed by atoms with van der Waals surface area (Å²) in [4.78, 5) is 0. The zero-order valence-electron chi connectivity index (χ0n) is 17.3. The maximum atomic E-state index is 2.56. The first kappa shape index (κ1) is 17.4. The predicted octanol–water partition coefficient (Wildman–Crippen LogP) is 7.54. The summed E-state index contributed by atoms with van der Waals surface area (Å²) in [6.45, 7) is 15.0. The third-order valence-corrected chi connectivity index (χ3v) is 13.0. The number of thiophene rings is 2. The molecular weight excluding hydrogens is 409 g/mol. The standard InChI is InChI=1S/C24H24S2Si2/c1-27(2,3)17-11-10-14-13-8-7-9-15-19(13)21-16(25-15)12-18(28(4,5)6)24-22(21)20(14)23(17)26-24/h7-12H,1-6H3. The van der Waals surface area contributed by atoms with Crippen molar-refractivity contribution >= 4 is 100 Å². The first-order chi connectivity index (χ1) is 13.2. The Balaban J connectivity index is 2.03. The molecule has 0 amide bonds. The highest BCUT2D eigenvalue weighted by molar-refractivity contribution is 7.31. The summed E-state index contributed by atoms with van der Waals surface area (Å²) in [6, 6.07) is 14.4. The lowest BCUT2D eigenvalue weighted by Crippen LogP contribution is -2.37. The van der Waals surface area contributed by atoms with Gasteiger partial charge in [0.15, 0.2) is 0 Å². The second kappa shape index (κ2) is 5.17. The van der Waals surface area contributed by atoms with E-state index in [1.807, 2.05) is 11.3 Å². The van der Waals surface area contributed by atoms with Crippen LogP contribution < -0.4 is 10.4 Å². The summed E-state index contributed by atoms with van der Waals surface area (Å²) in [5.74, 6) is 0. The van der Waals surface area contributed by atoms with E-state index in [2.05, 4.69) is 87.0 Å². The molecule has 0 N–H and O–H groups in total. The van der Waals surface area contributed by atoms with Gasteiger partial charge in [-0.15, -0.1) is 22.7 Å². The molecule has 0 aliphatic rings. The number of fused-ring (bicyclic) bond motifs is 1. The molecule has 28 heavy (non-hydrogen) atoms. The molecule has 0 nitrogen and oxygen atoms in total. The van der Waals surface area contributed by atoms with Gasteiger partial charge in [0.2, 0.25) is 0 Å². The van der Waals surface area contributed by atoms with Gasteiger partial charge in [-0.2, -0.15) is 0 Å². The lowest BCUT2D eigenvalue weighted by Gasteiger charge is -2.19. The molecule has 0 saturated carbocycles. The zero-order chi connectivity index (χ0) is 19.6. The fourth-order valence-corrected chi connectivity index (χ4v) is 12.3. The quantitative estimate of drug-likeness (QED) is 0.196. The second-order valence-corrected chi connectivity index (χ2v) is 22.4. The van der Waals surface area contributed by atoms with Gasteiger partial charge in [0.25, 0.3) is 0 Å². The van der Waals surface area contributed by atoms with Crippen LogP contribution >= 0.6 is 22.7 Å². The van der Waals surface area contributed by atoms with Gasteiger partial charge < -0.3 is 0 Å². The van der Waals surface area contributed by atoms with Crippen molar-refractivity contribution in [3.63, 3.8) is 0 Å². The van der Waals surface area contributed by atoms with Crippen molar-refractivity contribution in [2.24, 2.45) is 0 Å². The summed E-state index contributed by atoms with van der Waals surface area (Å²) in [5.41, 5.74) is 0. The van der Waals surface area contributed by atoms with Crippen molar-refractivity contribution in [2.45, 2.75) is 39.3 Å². The highest BCUT2D eigenvalue weighted by atomic mass is 32.1. The summed E-state index contributed by atoms with van der Waals surface area (Å²) in [6.07, 6.45) is 0. The maximum Gasteiger partial charge on any atom is 0.0795 e. The zero-order valence-corrected chi connectivity index (χ0v) is 20.9. The van der Waals surface area contributed by atoms with E-state index in [0.29, 0.717) is 0 Å². The van der Waals surface area contributed by atoms with Crippen LogP contribution in [0.1, 0.15) is 0 Å². The van der Waals surface area contributed by atoms with Gasteiger partial charge in [0.05, 0.1) is 16.1 Å². The minimum Gasteiger partial charge on any atom is -0.135 e. The van der Waals surface area contributed by atoms with Crippen LogP contribution in [0.4, 0.5) is 0 Å². The summed E-state index contributed by atoms with van der Waals surface area (Å²) < 4.78 is 6.10. The van der Waals surface area contributed by atoms with E-state index in [4.69, 9.17) is 0 Å². The van der Waals surface area contributed by atoms with Gasteiger partial charge >= 0.3 is 0 Å². The summed E-state index contributed by atoms with van der Waals surface area (Å²) >= 11 is 4.09. The fourth-order valence-electron chi connectivity index (χ4n) is 4.94. The smallest absolute Gasteiger partial charge is 0.0795 e. The highest BCUT2D eigenvalue weighted by Crippen LogP contribution is 2.50.